The molecule has 1 aliphatic heterocycles. The number of nitriles is 1. The smallest absolute Gasteiger partial charge is 0.254 e. The van der Waals surface area contributed by atoms with Crippen LogP contribution in [0.15, 0.2) is 36.4 Å². The van der Waals surface area contributed by atoms with E-state index in [0.29, 0.717) is 41.4 Å². The number of nitrogens with one attached hydrogen (secondary N) is 1. The molecule has 27 heavy (non-hydrogen) atoms. The maximum atomic E-state index is 12.7. The molecule has 2 aromatic carbocycles. The molecule has 0 saturated heterocycles. The minimum absolute atomic E-state index is 0.0650. The third kappa shape index (κ3) is 3.31. The number of Topliss-reactive ketones (excluding diaryl/α,β-unsaturated/α-hetero) is 1. The van der Waals surface area contributed by atoms with E-state index in [-0.39, 0.29) is 17.6 Å². The van der Waals surface area contributed by atoms with Crippen molar-refractivity contribution in [3.05, 3.63) is 64.2 Å². The van der Waals surface area contributed by atoms with Crippen LogP contribution in [0, 0.1) is 17.2 Å². The van der Waals surface area contributed by atoms with Crippen LogP contribution in [0.4, 0.5) is 0 Å². The number of benzene rings is 2. The molecule has 0 radical (unpaired) electrons. The van der Waals surface area contributed by atoms with E-state index in [1.54, 1.807) is 25.2 Å². The van der Waals surface area contributed by atoms with Crippen molar-refractivity contribution in [1.82, 2.24) is 5.32 Å². The zero-order chi connectivity index (χ0) is 19.0. The molecule has 1 unspecified atom stereocenters. The van der Waals surface area contributed by atoms with Crippen molar-refractivity contribution in [3.63, 3.8) is 0 Å². The first-order chi connectivity index (χ1) is 13.1. The van der Waals surface area contributed by atoms with Crippen LogP contribution in [0.2, 0.25) is 0 Å². The molecule has 1 saturated carbocycles. The lowest BCUT2D eigenvalue weighted by atomic mass is 9.89. The van der Waals surface area contributed by atoms with Crippen molar-refractivity contribution in [2.75, 3.05) is 13.7 Å². The van der Waals surface area contributed by atoms with Gasteiger partial charge in [0.05, 0.1) is 23.8 Å². The third-order valence-corrected chi connectivity index (χ3v) is 5.29. The van der Waals surface area contributed by atoms with Gasteiger partial charge in [0.1, 0.15) is 5.75 Å². The molecule has 1 heterocycles. The summed E-state index contributed by atoms with van der Waals surface area (Å²) in [5, 5.41) is 11.6. The maximum absolute atomic E-state index is 12.7. The van der Waals surface area contributed by atoms with Crippen molar-refractivity contribution in [3.8, 4) is 11.8 Å². The Bertz CT molecular complexity index is 953. The molecule has 1 amide bonds. The number of ketones is 1. The van der Waals surface area contributed by atoms with Crippen molar-refractivity contribution >= 4 is 11.7 Å². The molecular weight excluding hydrogens is 340 g/mol. The fourth-order valence-corrected chi connectivity index (χ4v) is 3.56. The number of amides is 1. The van der Waals surface area contributed by atoms with Crippen LogP contribution in [0.5, 0.6) is 5.75 Å². The average Bonchev–Trinajstić information content (AvgIpc) is 3.42. The number of carbonyl (C=O) groups is 2. The normalized spacial score (nSPS) is 17.6. The number of fused-ring (bicyclic) bond motifs is 1. The summed E-state index contributed by atoms with van der Waals surface area (Å²) in [6.45, 7) is 0.408. The molecule has 5 heteroatoms. The summed E-state index contributed by atoms with van der Waals surface area (Å²) in [5.74, 6) is 0.792. The summed E-state index contributed by atoms with van der Waals surface area (Å²) in [4.78, 5) is 25.0. The van der Waals surface area contributed by atoms with Crippen LogP contribution in [-0.2, 0) is 0 Å². The number of hydrogen-bond acceptors (Lipinski definition) is 4. The number of hydrogen-bond donors (Lipinski definition) is 1. The monoisotopic (exact) mass is 360 g/mol. The van der Waals surface area contributed by atoms with Gasteiger partial charge in [-0.05, 0) is 48.6 Å². The van der Waals surface area contributed by atoms with E-state index >= 15 is 0 Å². The second kappa shape index (κ2) is 6.88. The maximum Gasteiger partial charge on any atom is 0.254 e. The van der Waals surface area contributed by atoms with E-state index in [9.17, 15) is 9.59 Å². The Kier molecular flexibility index (Phi) is 4.41. The van der Waals surface area contributed by atoms with Crippen LogP contribution in [0.3, 0.4) is 0 Å². The number of ether oxygens (including phenoxy) is 1. The van der Waals surface area contributed by atoms with E-state index in [1.165, 1.54) is 0 Å². The summed E-state index contributed by atoms with van der Waals surface area (Å²) in [5.41, 5.74) is 3.44. The highest BCUT2D eigenvalue weighted by molar-refractivity contribution is 6.03. The Morgan fingerprint density at radius 2 is 1.96 bits per heavy atom. The van der Waals surface area contributed by atoms with E-state index in [2.05, 4.69) is 11.4 Å². The molecule has 1 fully saturated rings. The van der Waals surface area contributed by atoms with Gasteiger partial charge in [0.2, 0.25) is 0 Å². The predicted octanol–water partition coefficient (Wildman–Crippen LogP) is 3.42. The quantitative estimate of drug-likeness (QED) is 0.829. The molecule has 0 aromatic heterocycles. The zero-order valence-corrected chi connectivity index (χ0v) is 15.1. The lowest BCUT2D eigenvalue weighted by molar-refractivity contribution is 0.0960. The molecule has 5 nitrogen and oxygen atoms in total. The zero-order valence-electron chi connectivity index (χ0n) is 15.1. The van der Waals surface area contributed by atoms with Crippen LogP contribution in [-0.4, -0.2) is 25.3 Å². The number of rotatable bonds is 5. The molecule has 4 rings (SSSR count). The Labute approximate surface area is 158 Å². The first-order valence-electron chi connectivity index (χ1n) is 9.16. The van der Waals surface area contributed by atoms with Gasteiger partial charge in [0.15, 0.2) is 5.78 Å². The van der Waals surface area contributed by atoms with Gasteiger partial charge in [-0.25, -0.2) is 0 Å². The second-order valence-electron chi connectivity index (χ2n) is 7.19. The topological polar surface area (TPSA) is 79.2 Å². The molecule has 1 aliphatic carbocycles. The SMILES string of the molecule is CNC(=O)c1cc(C(=O)CC2CC2)cc2c1OCC2c1ccc(C#N)cc1. The summed E-state index contributed by atoms with van der Waals surface area (Å²) >= 11 is 0. The summed E-state index contributed by atoms with van der Waals surface area (Å²) in [6.07, 6.45) is 2.75. The van der Waals surface area contributed by atoms with Crippen molar-refractivity contribution in [2.24, 2.45) is 5.92 Å². The van der Waals surface area contributed by atoms with Gasteiger partial charge in [-0.3, -0.25) is 9.59 Å². The molecule has 1 atom stereocenters. The summed E-state index contributed by atoms with van der Waals surface area (Å²) < 4.78 is 5.87. The lowest BCUT2D eigenvalue weighted by Gasteiger charge is -2.12. The molecule has 0 bridgehead atoms. The molecule has 2 aliphatic rings. The molecule has 0 spiro atoms. The number of carbonyl (C=O) groups excluding carboxylic acids is 2. The minimum atomic E-state index is -0.257. The van der Waals surface area contributed by atoms with Crippen molar-refractivity contribution < 1.29 is 14.3 Å². The Hall–Kier alpha value is -3.13. The highest BCUT2D eigenvalue weighted by Crippen LogP contribution is 2.42. The second-order valence-corrected chi connectivity index (χ2v) is 7.19. The highest BCUT2D eigenvalue weighted by atomic mass is 16.5. The first kappa shape index (κ1) is 17.3. The average molecular weight is 360 g/mol. The van der Waals surface area contributed by atoms with Crippen LogP contribution < -0.4 is 10.1 Å². The van der Waals surface area contributed by atoms with Crippen LogP contribution in [0.25, 0.3) is 0 Å². The van der Waals surface area contributed by atoms with Gasteiger partial charge in [-0.15, -0.1) is 0 Å². The van der Waals surface area contributed by atoms with Gasteiger partial charge in [-0.2, -0.15) is 5.26 Å². The van der Waals surface area contributed by atoms with Gasteiger partial charge < -0.3 is 10.1 Å². The summed E-state index contributed by atoms with van der Waals surface area (Å²) in [6, 6.07) is 13.0. The fourth-order valence-electron chi connectivity index (χ4n) is 3.56. The van der Waals surface area contributed by atoms with Crippen LogP contribution in [0.1, 0.15) is 62.6 Å². The predicted molar refractivity (Wildman–Crippen MR) is 100.0 cm³/mol. The van der Waals surface area contributed by atoms with E-state index in [4.69, 9.17) is 10.00 Å². The van der Waals surface area contributed by atoms with Gasteiger partial charge in [-0.1, -0.05) is 12.1 Å². The lowest BCUT2D eigenvalue weighted by Crippen LogP contribution is -2.19. The van der Waals surface area contributed by atoms with E-state index in [0.717, 1.165) is 24.0 Å². The Balaban J connectivity index is 1.76. The van der Waals surface area contributed by atoms with E-state index in [1.807, 2.05) is 18.2 Å². The molecule has 2 aromatic rings. The molecular formula is C22H20N2O3. The Morgan fingerprint density at radius 3 is 2.59 bits per heavy atom. The van der Waals surface area contributed by atoms with Gasteiger partial charge in [0, 0.05) is 30.5 Å². The van der Waals surface area contributed by atoms with E-state index < -0.39 is 0 Å². The van der Waals surface area contributed by atoms with Crippen molar-refractivity contribution in [2.45, 2.75) is 25.2 Å². The standard InChI is InChI=1S/C22H20N2O3/c1-24-22(26)18-10-16(20(25)8-13-2-3-13)9-17-19(12-27-21(17)18)15-6-4-14(11-23)5-7-15/h4-7,9-10,13,19H,2-3,8,12H2,1H3,(H,24,26). The largest absolute Gasteiger partial charge is 0.491 e. The highest BCUT2D eigenvalue weighted by Gasteiger charge is 2.32. The minimum Gasteiger partial charge on any atom is -0.491 e. The van der Waals surface area contributed by atoms with Gasteiger partial charge in [0.25, 0.3) is 5.91 Å². The third-order valence-electron chi connectivity index (χ3n) is 5.29. The first-order valence-corrected chi connectivity index (χ1v) is 9.16. The van der Waals surface area contributed by atoms with Gasteiger partial charge >= 0.3 is 0 Å². The van der Waals surface area contributed by atoms with Crippen LogP contribution >= 0.6 is 0 Å². The fraction of sp³-hybridized carbons (Fsp3) is 0.318. The Morgan fingerprint density at radius 1 is 1.22 bits per heavy atom. The number of nitrogens with zero attached hydrogens (tertiary/aromatic N) is 1. The molecule has 1 N–H and O–H groups in total. The summed E-state index contributed by atoms with van der Waals surface area (Å²) in [7, 11) is 1.57. The van der Waals surface area contributed by atoms with Crippen molar-refractivity contribution in [1.29, 1.82) is 5.26 Å². The molecule has 136 valence electrons.